The van der Waals surface area contributed by atoms with Crippen molar-refractivity contribution in [2.24, 2.45) is 0 Å². The van der Waals surface area contributed by atoms with Crippen LogP contribution >= 0.6 is 0 Å². The van der Waals surface area contributed by atoms with Crippen molar-refractivity contribution in [1.29, 1.82) is 0 Å². The van der Waals surface area contributed by atoms with Crippen molar-refractivity contribution in [3.8, 4) is 11.5 Å². The number of anilines is 2. The topological polar surface area (TPSA) is 93.7 Å². The third kappa shape index (κ3) is 9.44. The van der Waals surface area contributed by atoms with Gasteiger partial charge in [0.1, 0.15) is 11.5 Å². The Morgan fingerprint density at radius 1 is 0.757 bits per heavy atom. The molecule has 3 aromatic rings. The van der Waals surface area contributed by atoms with E-state index in [1.54, 1.807) is 30.3 Å². The van der Waals surface area contributed by atoms with Gasteiger partial charge in [-0.1, -0.05) is 45.0 Å². The molecule has 0 aliphatic heterocycles. The van der Waals surface area contributed by atoms with Gasteiger partial charge in [-0.05, 0) is 78.4 Å². The Balaban J connectivity index is 1.34. The summed E-state index contributed by atoms with van der Waals surface area (Å²) < 4.78 is 10.9. The summed E-state index contributed by atoms with van der Waals surface area (Å²) in [6.45, 7) is 8.04. The molecule has 0 saturated heterocycles. The van der Waals surface area contributed by atoms with Gasteiger partial charge in [0.15, 0.2) is 6.61 Å². The van der Waals surface area contributed by atoms with Crippen LogP contribution in [0.1, 0.15) is 51.2 Å². The molecule has 7 heteroatoms. The van der Waals surface area contributed by atoms with E-state index in [0.717, 1.165) is 11.3 Å². The third-order valence-electron chi connectivity index (χ3n) is 5.54. The molecule has 0 aliphatic rings. The lowest BCUT2D eigenvalue weighted by molar-refractivity contribution is -0.147. The SMILES string of the molecule is Cc1cccc(NC(=O)COC(=O)CCCC(=O)Nc2ccc(Oc3ccc(C(C)(C)C)cc3)cc2)c1. The zero-order valence-electron chi connectivity index (χ0n) is 21.8. The quantitative estimate of drug-likeness (QED) is 0.314. The standard InChI is InChI=1S/C30H34N2O5/c1-21-7-5-8-24(19-21)32-28(34)20-36-29(35)10-6-9-27(33)31-23-13-17-26(18-14-23)37-25-15-11-22(12-16-25)30(2,3)4/h5,7-8,11-19H,6,9-10,20H2,1-4H3,(H,31,33)(H,32,34). The lowest BCUT2D eigenvalue weighted by atomic mass is 9.87. The fourth-order valence-corrected chi connectivity index (χ4v) is 3.52. The number of aryl methyl sites for hydroxylation is 1. The number of amides is 2. The van der Waals surface area contributed by atoms with E-state index in [2.05, 4.69) is 43.5 Å². The average molecular weight is 503 g/mol. The minimum atomic E-state index is -0.524. The van der Waals surface area contributed by atoms with Gasteiger partial charge in [-0.3, -0.25) is 14.4 Å². The Bertz CT molecular complexity index is 1210. The van der Waals surface area contributed by atoms with E-state index in [-0.39, 0.29) is 30.8 Å². The number of hydrogen-bond acceptors (Lipinski definition) is 5. The van der Waals surface area contributed by atoms with Gasteiger partial charge in [0.2, 0.25) is 5.91 Å². The molecule has 0 saturated carbocycles. The summed E-state index contributed by atoms with van der Waals surface area (Å²) in [5.41, 5.74) is 3.61. The Morgan fingerprint density at radius 3 is 2.00 bits per heavy atom. The summed E-state index contributed by atoms with van der Waals surface area (Å²) in [6.07, 6.45) is 0.519. The number of carbonyl (C=O) groups excluding carboxylic acids is 3. The molecule has 0 fully saturated rings. The van der Waals surface area contributed by atoms with Gasteiger partial charge in [0.05, 0.1) is 0 Å². The first-order valence-corrected chi connectivity index (χ1v) is 12.3. The van der Waals surface area contributed by atoms with Gasteiger partial charge in [0, 0.05) is 24.2 Å². The van der Waals surface area contributed by atoms with E-state index in [4.69, 9.17) is 9.47 Å². The minimum Gasteiger partial charge on any atom is -0.457 e. The van der Waals surface area contributed by atoms with Crippen molar-refractivity contribution in [1.82, 2.24) is 0 Å². The van der Waals surface area contributed by atoms with Crippen LogP contribution in [0.2, 0.25) is 0 Å². The van der Waals surface area contributed by atoms with Crippen LogP contribution in [0.15, 0.2) is 72.8 Å². The van der Waals surface area contributed by atoms with Crippen LogP contribution in [-0.4, -0.2) is 24.4 Å². The van der Waals surface area contributed by atoms with E-state index < -0.39 is 11.9 Å². The van der Waals surface area contributed by atoms with Gasteiger partial charge in [-0.25, -0.2) is 0 Å². The summed E-state index contributed by atoms with van der Waals surface area (Å²) in [4.78, 5) is 36.0. The van der Waals surface area contributed by atoms with Gasteiger partial charge in [0.25, 0.3) is 5.91 Å². The molecular weight excluding hydrogens is 468 g/mol. The smallest absolute Gasteiger partial charge is 0.306 e. The van der Waals surface area contributed by atoms with Crippen molar-refractivity contribution < 1.29 is 23.9 Å². The van der Waals surface area contributed by atoms with Crippen LogP contribution in [0.4, 0.5) is 11.4 Å². The van der Waals surface area contributed by atoms with E-state index in [0.29, 0.717) is 23.5 Å². The highest BCUT2D eigenvalue weighted by atomic mass is 16.5. The number of esters is 1. The maximum absolute atomic E-state index is 12.2. The first-order valence-electron chi connectivity index (χ1n) is 12.3. The summed E-state index contributed by atoms with van der Waals surface area (Å²) in [7, 11) is 0. The number of nitrogens with one attached hydrogen (secondary N) is 2. The number of carbonyl (C=O) groups is 3. The van der Waals surface area contributed by atoms with Gasteiger partial charge in [-0.2, -0.15) is 0 Å². The van der Waals surface area contributed by atoms with Crippen LogP contribution < -0.4 is 15.4 Å². The van der Waals surface area contributed by atoms with Crippen molar-refractivity contribution in [2.45, 2.75) is 52.4 Å². The molecule has 0 heterocycles. The average Bonchev–Trinajstić information content (AvgIpc) is 2.84. The van der Waals surface area contributed by atoms with Crippen LogP contribution in [0.5, 0.6) is 11.5 Å². The van der Waals surface area contributed by atoms with E-state index in [9.17, 15) is 14.4 Å². The molecule has 0 atom stereocenters. The molecule has 2 N–H and O–H groups in total. The molecule has 194 valence electrons. The molecule has 37 heavy (non-hydrogen) atoms. The Morgan fingerprint density at radius 2 is 1.38 bits per heavy atom. The highest BCUT2D eigenvalue weighted by molar-refractivity contribution is 5.93. The first-order chi connectivity index (χ1) is 17.6. The molecular formula is C30H34N2O5. The van der Waals surface area contributed by atoms with Gasteiger partial charge < -0.3 is 20.1 Å². The number of hydrogen-bond donors (Lipinski definition) is 2. The van der Waals surface area contributed by atoms with E-state index in [1.807, 2.05) is 37.3 Å². The molecule has 7 nitrogen and oxygen atoms in total. The molecule has 0 aromatic heterocycles. The fraction of sp³-hybridized carbons (Fsp3) is 0.300. The second-order valence-electron chi connectivity index (χ2n) is 9.88. The first kappa shape index (κ1) is 27.5. The minimum absolute atomic E-state index is 0.0475. The number of ether oxygens (including phenoxy) is 2. The van der Waals surface area contributed by atoms with Gasteiger partial charge in [-0.15, -0.1) is 0 Å². The Labute approximate surface area is 218 Å². The lowest BCUT2D eigenvalue weighted by Crippen LogP contribution is -2.21. The summed E-state index contributed by atoms with van der Waals surface area (Å²) in [5, 5.41) is 5.48. The molecule has 0 unspecified atom stereocenters. The fourth-order valence-electron chi connectivity index (χ4n) is 3.52. The van der Waals surface area contributed by atoms with Crippen LogP contribution in [0, 0.1) is 6.92 Å². The monoisotopic (exact) mass is 502 g/mol. The highest BCUT2D eigenvalue weighted by Gasteiger charge is 2.13. The van der Waals surface area contributed by atoms with Crippen molar-refractivity contribution in [3.63, 3.8) is 0 Å². The third-order valence-corrected chi connectivity index (χ3v) is 5.54. The van der Waals surface area contributed by atoms with E-state index in [1.165, 1.54) is 5.56 Å². The number of rotatable bonds is 10. The molecule has 2 amide bonds. The molecule has 3 rings (SSSR count). The highest BCUT2D eigenvalue weighted by Crippen LogP contribution is 2.27. The normalized spacial score (nSPS) is 10.9. The lowest BCUT2D eigenvalue weighted by Gasteiger charge is -2.19. The summed E-state index contributed by atoms with van der Waals surface area (Å²) >= 11 is 0. The van der Waals surface area contributed by atoms with Crippen LogP contribution in [-0.2, 0) is 24.5 Å². The molecule has 0 spiro atoms. The van der Waals surface area contributed by atoms with Crippen molar-refractivity contribution in [2.75, 3.05) is 17.2 Å². The zero-order chi connectivity index (χ0) is 26.8. The Kier molecular flexibility index (Phi) is 9.44. The van der Waals surface area contributed by atoms with Crippen LogP contribution in [0.3, 0.4) is 0 Å². The van der Waals surface area contributed by atoms with E-state index >= 15 is 0 Å². The largest absolute Gasteiger partial charge is 0.457 e. The van der Waals surface area contributed by atoms with Gasteiger partial charge >= 0.3 is 5.97 Å². The maximum atomic E-state index is 12.2. The predicted octanol–water partition coefficient (Wildman–Crippen LogP) is 6.38. The van der Waals surface area contributed by atoms with Crippen molar-refractivity contribution in [3.05, 3.63) is 83.9 Å². The molecule has 3 aromatic carbocycles. The molecule has 0 bridgehead atoms. The Hall–Kier alpha value is -4.13. The van der Waals surface area contributed by atoms with Crippen LogP contribution in [0.25, 0.3) is 0 Å². The summed E-state index contributed by atoms with van der Waals surface area (Å²) in [5.74, 6) is 0.256. The molecule has 0 aliphatic carbocycles. The second kappa shape index (κ2) is 12.7. The van der Waals surface area contributed by atoms with Crippen molar-refractivity contribution >= 4 is 29.2 Å². The maximum Gasteiger partial charge on any atom is 0.306 e. The number of benzene rings is 3. The molecule has 0 radical (unpaired) electrons. The zero-order valence-corrected chi connectivity index (χ0v) is 21.8. The second-order valence-corrected chi connectivity index (χ2v) is 9.88. The summed E-state index contributed by atoms with van der Waals surface area (Å²) in [6, 6.07) is 22.4. The predicted molar refractivity (Wildman–Crippen MR) is 145 cm³/mol.